The van der Waals surface area contributed by atoms with Gasteiger partial charge in [-0.15, -0.1) is 5.10 Å². The molecule has 3 N–H and O–H groups in total. The Morgan fingerprint density at radius 1 is 0.800 bits per heavy atom. The maximum Gasteiger partial charge on any atom is 0.335 e. The third kappa shape index (κ3) is 4.17. The van der Waals surface area contributed by atoms with Crippen molar-refractivity contribution in [1.29, 1.82) is 0 Å². The zero-order valence-electron chi connectivity index (χ0n) is 15.7. The fourth-order valence-corrected chi connectivity index (χ4v) is 2.78. The van der Waals surface area contributed by atoms with Crippen LogP contribution >= 0.6 is 0 Å². The molecule has 4 aromatic rings. The van der Waals surface area contributed by atoms with Crippen LogP contribution in [0.5, 0.6) is 0 Å². The van der Waals surface area contributed by atoms with Crippen LogP contribution in [0.1, 0.15) is 20.7 Å². The number of carbonyl (C=O) groups is 2. The number of hydrogen-bond acceptors (Lipinski definition) is 5. The second-order valence-electron chi connectivity index (χ2n) is 6.33. The van der Waals surface area contributed by atoms with Gasteiger partial charge in [0.2, 0.25) is 11.9 Å². The molecule has 0 saturated carbocycles. The molecule has 0 atom stereocenters. The molecule has 4 rings (SSSR count). The first-order valence-corrected chi connectivity index (χ1v) is 9.09. The summed E-state index contributed by atoms with van der Waals surface area (Å²) in [7, 11) is 0. The van der Waals surface area contributed by atoms with Gasteiger partial charge >= 0.3 is 5.97 Å². The van der Waals surface area contributed by atoms with Crippen molar-refractivity contribution in [2.45, 2.75) is 0 Å². The van der Waals surface area contributed by atoms with Gasteiger partial charge in [0.15, 0.2) is 0 Å². The van der Waals surface area contributed by atoms with Gasteiger partial charge in [0.1, 0.15) is 0 Å². The smallest absolute Gasteiger partial charge is 0.335 e. The van der Waals surface area contributed by atoms with Gasteiger partial charge in [-0.3, -0.25) is 10.1 Å². The number of aromatic nitrogens is 3. The van der Waals surface area contributed by atoms with Crippen molar-refractivity contribution < 1.29 is 14.7 Å². The van der Waals surface area contributed by atoms with Crippen LogP contribution < -0.4 is 10.6 Å². The Kier molecular flexibility index (Phi) is 5.21. The number of carboxylic acids is 1. The van der Waals surface area contributed by atoms with Crippen LogP contribution in [-0.4, -0.2) is 31.7 Å². The third-order valence-corrected chi connectivity index (χ3v) is 4.26. The Labute approximate surface area is 171 Å². The summed E-state index contributed by atoms with van der Waals surface area (Å²) in [5.74, 6) is -0.932. The standard InChI is InChI=1S/C22H17N5O3/c28-19(15-11-13-16(14-12-15)20(29)30)24-22-25-21(23-17-7-3-1-4-8-17)26-27(22)18-9-5-2-6-10-18/h1-14H,(H,29,30)(H2,23,24,25,26,28). The van der Waals surface area contributed by atoms with Crippen molar-refractivity contribution in [3.05, 3.63) is 96.1 Å². The van der Waals surface area contributed by atoms with Crippen molar-refractivity contribution in [3.8, 4) is 5.69 Å². The van der Waals surface area contributed by atoms with Crippen molar-refractivity contribution in [2.24, 2.45) is 0 Å². The van der Waals surface area contributed by atoms with Crippen LogP contribution in [0.25, 0.3) is 5.69 Å². The zero-order valence-corrected chi connectivity index (χ0v) is 15.7. The fourth-order valence-electron chi connectivity index (χ4n) is 2.78. The predicted molar refractivity (Wildman–Crippen MR) is 112 cm³/mol. The van der Waals surface area contributed by atoms with E-state index in [0.717, 1.165) is 11.4 Å². The van der Waals surface area contributed by atoms with E-state index in [4.69, 9.17) is 5.11 Å². The van der Waals surface area contributed by atoms with Gasteiger partial charge in [-0.25, -0.2) is 4.79 Å². The van der Waals surface area contributed by atoms with Crippen molar-refractivity contribution >= 4 is 29.5 Å². The van der Waals surface area contributed by atoms with Crippen LogP contribution in [0, 0.1) is 0 Å². The predicted octanol–water partition coefficient (Wildman–Crippen LogP) is 3.96. The number of hydrogen-bond donors (Lipinski definition) is 3. The van der Waals surface area contributed by atoms with Gasteiger partial charge in [-0.2, -0.15) is 9.67 Å². The molecule has 8 nitrogen and oxygen atoms in total. The summed E-state index contributed by atoms with van der Waals surface area (Å²) >= 11 is 0. The first kappa shape index (κ1) is 18.9. The van der Waals surface area contributed by atoms with Gasteiger partial charge in [-0.1, -0.05) is 36.4 Å². The Bertz CT molecular complexity index is 1170. The molecule has 8 heteroatoms. The average molecular weight is 399 g/mol. The lowest BCUT2D eigenvalue weighted by Crippen LogP contribution is -2.16. The SMILES string of the molecule is O=C(O)c1ccc(C(=O)Nc2nc(Nc3ccccc3)nn2-c2ccccc2)cc1. The number of benzene rings is 3. The quantitative estimate of drug-likeness (QED) is 0.453. The van der Waals surface area contributed by atoms with E-state index in [0.29, 0.717) is 11.5 Å². The maximum absolute atomic E-state index is 12.7. The number of nitrogens with zero attached hydrogens (tertiary/aromatic N) is 3. The molecule has 0 fully saturated rings. The summed E-state index contributed by atoms with van der Waals surface area (Å²) in [4.78, 5) is 28.1. The van der Waals surface area contributed by atoms with Gasteiger partial charge in [0.05, 0.1) is 11.3 Å². The van der Waals surface area contributed by atoms with Crippen molar-refractivity contribution in [2.75, 3.05) is 10.6 Å². The van der Waals surface area contributed by atoms with E-state index in [-0.39, 0.29) is 11.5 Å². The molecule has 0 aliphatic heterocycles. The summed E-state index contributed by atoms with van der Waals surface area (Å²) in [5.41, 5.74) is 1.95. The molecule has 0 spiro atoms. The Balaban J connectivity index is 1.63. The summed E-state index contributed by atoms with van der Waals surface area (Å²) in [6.45, 7) is 0. The summed E-state index contributed by atoms with van der Waals surface area (Å²) in [6, 6.07) is 24.4. The van der Waals surface area contributed by atoms with Gasteiger partial charge in [-0.05, 0) is 48.5 Å². The van der Waals surface area contributed by atoms with E-state index in [1.54, 1.807) is 0 Å². The highest BCUT2D eigenvalue weighted by atomic mass is 16.4. The second-order valence-corrected chi connectivity index (χ2v) is 6.33. The normalized spacial score (nSPS) is 10.4. The molecule has 0 unspecified atom stereocenters. The minimum atomic E-state index is -1.05. The number of carbonyl (C=O) groups excluding carboxylic acids is 1. The van der Waals surface area contributed by atoms with E-state index >= 15 is 0 Å². The molecular weight excluding hydrogens is 382 g/mol. The lowest BCUT2D eigenvalue weighted by atomic mass is 10.1. The largest absolute Gasteiger partial charge is 0.478 e. The monoisotopic (exact) mass is 399 g/mol. The molecule has 148 valence electrons. The number of carboxylic acid groups (broad SMARTS) is 1. The highest BCUT2D eigenvalue weighted by Crippen LogP contribution is 2.20. The molecule has 1 heterocycles. The molecule has 30 heavy (non-hydrogen) atoms. The fraction of sp³-hybridized carbons (Fsp3) is 0. The molecule has 0 aliphatic rings. The second kappa shape index (κ2) is 8.27. The molecule has 0 radical (unpaired) electrons. The molecule has 1 aromatic heterocycles. The molecule has 0 aliphatic carbocycles. The van der Waals surface area contributed by atoms with Crippen LogP contribution in [0.2, 0.25) is 0 Å². The van der Waals surface area contributed by atoms with E-state index in [9.17, 15) is 9.59 Å². The average Bonchev–Trinajstić information content (AvgIpc) is 3.17. The van der Waals surface area contributed by atoms with Gasteiger partial charge in [0.25, 0.3) is 5.91 Å². The first-order chi connectivity index (χ1) is 14.6. The number of amides is 1. The zero-order chi connectivity index (χ0) is 20.9. The molecule has 0 saturated heterocycles. The molecular formula is C22H17N5O3. The molecule has 3 aromatic carbocycles. The van der Waals surface area contributed by atoms with Crippen LogP contribution in [0.4, 0.5) is 17.6 Å². The summed E-state index contributed by atoms with van der Waals surface area (Å²) in [6.07, 6.45) is 0. The Morgan fingerprint density at radius 2 is 1.40 bits per heavy atom. The van der Waals surface area contributed by atoms with E-state index in [2.05, 4.69) is 20.7 Å². The summed E-state index contributed by atoms with van der Waals surface area (Å²) in [5, 5.41) is 19.3. The van der Waals surface area contributed by atoms with Gasteiger partial charge < -0.3 is 10.4 Å². The maximum atomic E-state index is 12.7. The third-order valence-electron chi connectivity index (χ3n) is 4.26. The van der Waals surface area contributed by atoms with Crippen molar-refractivity contribution in [3.63, 3.8) is 0 Å². The molecule has 0 bridgehead atoms. The van der Waals surface area contributed by atoms with Crippen LogP contribution in [0.3, 0.4) is 0 Å². The van der Waals surface area contributed by atoms with E-state index in [1.165, 1.54) is 28.9 Å². The highest BCUT2D eigenvalue weighted by molar-refractivity contribution is 6.04. The van der Waals surface area contributed by atoms with Crippen LogP contribution in [0.15, 0.2) is 84.9 Å². The highest BCUT2D eigenvalue weighted by Gasteiger charge is 2.16. The van der Waals surface area contributed by atoms with Crippen molar-refractivity contribution in [1.82, 2.24) is 14.8 Å². The Morgan fingerprint density at radius 3 is 2.03 bits per heavy atom. The minimum absolute atomic E-state index is 0.105. The van der Waals surface area contributed by atoms with E-state index < -0.39 is 11.9 Å². The number of rotatable bonds is 6. The number of anilines is 3. The lowest BCUT2D eigenvalue weighted by molar-refractivity contribution is 0.0696. The lowest BCUT2D eigenvalue weighted by Gasteiger charge is -2.07. The van der Waals surface area contributed by atoms with E-state index in [1.807, 2.05) is 60.7 Å². The number of para-hydroxylation sites is 2. The Hall–Kier alpha value is -4.46. The molecule has 1 amide bonds. The van der Waals surface area contributed by atoms with Crippen LogP contribution in [-0.2, 0) is 0 Å². The number of aromatic carboxylic acids is 1. The van der Waals surface area contributed by atoms with Gasteiger partial charge in [0, 0.05) is 11.3 Å². The summed E-state index contributed by atoms with van der Waals surface area (Å²) < 4.78 is 1.52. The first-order valence-electron chi connectivity index (χ1n) is 9.09. The topological polar surface area (TPSA) is 109 Å². The minimum Gasteiger partial charge on any atom is -0.478 e. The number of nitrogens with one attached hydrogen (secondary N) is 2.